The lowest BCUT2D eigenvalue weighted by Gasteiger charge is -2.35. The number of carbonyl (C=O) groups excluding carboxylic acids is 2. The first kappa shape index (κ1) is 22.3. The molecule has 0 radical (unpaired) electrons. The highest BCUT2D eigenvalue weighted by Crippen LogP contribution is 2.24. The molecule has 0 aliphatic rings. The summed E-state index contributed by atoms with van der Waals surface area (Å²) in [6, 6.07) is 4.84. The van der Waals surface area contributed by atoms with Crippen molar-refractivity contribution in [2.75, 3.05) is 20.7 Å². The summed E-state index contributed by atoms with van der Waals surface area (Å²) in [6.45, 7) is 5.55. The van der Waals surface area contributed by atoms with Crippen LogP contribution in [0.4, 0.5) is 9.59 Å². The first-order valence-corrected chi connectivity index (χ1v) is 9.42. The minimum atomic E-state index is -0.888. The predicted molar refractivity (Wildman–Crippen MR) is 104 cm³/mol. The van der Waals surface area contributed by atoms with Crippen molar-refractivity contribution in [3.05, 3.63) is 29.3 Å². The molecule has 0 saturated heterocycles. The van der Waals surface area contributed by atoms with Crippen molar-refractivity contribution in [1.82, 2.24) is 9.62 Å². The number of ether oxygens (including phenoxy) is 1. The summed E-state index contributed by atoms with van der Waals surface area (Å²) in [5.41, 5.74) is 0. The van der Waals surface area contributed by atoms with Crippen LogP contribution < -0.4 is 4.72 Å². The van der Waals surface area contributed by atoms with Gasteiger partial charge in [0.05, 0.1) is 6.61 Å². The van der Waals surface area contributed by atoms with Gasteiger partial charge in [-0.2, -0.15) is 0 Å². The van der Waals surface area contributed by atoms with Gasteiger partial charge in [-0.3, -0.25) is 4.90 Å². The minimum absolute atomic E-state index is 0.251. The Labute approximate surface area is 163 Å². The average molecular weight is 402 g/mol. The van der Waals surface area contributed by atoms with Gasteiger partial charge in [0.25, 0.3) is 0 Å². The molecule has 9 heteroatoms. The second kappa shape index (κ2) is 9.80. The van der Waals surface area contributed by atoms with Crippen LogP contribution in [0.2, 0.25) is 5.02 Å². The normalized spacial score (nSPS) is 13.0. The van der Waals surface area contributed by atoms with Gasteiger partial charge in [0.15, 0.2) is 0 Å². The number of imide groups is 1. The van der Waals surface area contributed by atoms with E-state index in [9.17, 15) is 9.59 Å². The molecule has 0 aliphatic heterocycles. The van der Waals surface area contributed by atoms with Crippen LogP contribution in [0.25, 0.3) is 0 Å². The number of benzene rings is 1. The van der Waals surface area contributed by atoms with Gasteiger partial charge in [-0.05, 0) is 50.4 Å². The predicted octanol–water partition coefficient (Wildman–Crippen LogP) is 4.32. The Morgan fingerprint density at radius 2 is 2.04 bits per heavy atom. The molecule has 1 rings (SSSR count). The van der Waals surface area contributed by atoms with Crippen molar-refractivity contribution < 1.29 is 18.8 Å². The van der Waals surface area contributed by atoms with Gasteiger partial charge in [0.1, 0.15) is 6.04 Å². The zero-order valence-corrected chi connectivity index (χ0v) is 17.3. The van der Waals surface area contributed by atoms with E-state index in [1.165, 1.54) is 4.90 Å². The molecular formula is C17H26ClN4O3S+. The monoisotopic (exact) mass is 401 g/mol. The summed E-state index contributed by atoms with van der Waals surface area (Å²) in [5, 5.41) is 8.85. The van der Waals surface area contributed by atoms with Crippen LogP contribution in [0.3, 0.4) is 0 Å². The first-order valence-electron chi connectivity index (χ1n) is 8.23. The maximum atomic E-state index is 13.1. The van der Waals surface area contributed by atoms with Gasteiger partial charge in [0.2, 0.25) is 0 Å². The number of nitrogens with zero attached hydrogens (tertiary/aromatic N) is 2. The Kier molecular flexibility index (Phi) is 8.39. The topological polar surface area (TPSA) is 82.5 Å². The highest BCUT2D eigenvalue weighted by molar-refractivity contribution is 7.98. The Bertz CT molecular complexity index is 669. The van der Waals surface area contributed by atoms with E-state index in [4.69, 9.17) is 21.7 Å². The van der Waals surface area contributed by atoms with E-state index in [0.29, 0.717) is 16.3 Å². The molecule has 2 N–H and O–H groups in total. The molecule has 1 atom stereocenters. The van der Waals surface area contributed by atoms with E-state index in [0.717, 1.165) is 11.9 Å². The van der Waals surface area contributed by atoms with Crippen LogP contribution in [-0.4, -0.2) is 54.2 Å². The molecule has 0 saturated carbocycles. The zero-order valence-electron chi connectivity index (χ0n) is 15.7. The Balaban J connectivity index is 3.17. The van der Waals surface area contributed by atoms with Gasteiger partial charge < -0.3 is 4.74 Å². The SMILES string of the molecule is CCCOC(=N)[N+](C(=O)NSc1cccc(Cl)c1)(C(=O)N(C)C)C(C)C. The highest BCUT2D eigenvalue weighted by atomic mass is 35.5. The number of amidine groups is 1. The smallest absolute Gasteiger partial charge is 0.436 e. The first-order chi connectivity index (χ1) is 12.2. The number of halogens is 1. The number of hydrogen-bond acceptors (Lipinski definition) is 5. The summed E-state index contributed by atoms with van der Waals surface area (Å²) in [5.74, 6) is 0. The standard InChI is InChI=1S/C17H25ClN4O3S/c1-6-10-25-15(19)22(12(2)3,17(24)21(4)5)16(23)20-26-14-9-7-8-13(18)11-14/h7-9,11-12,19H,6,10H2,1-5H3/p+1. The number of rotatable bonds is 5. The molecule has 0 aliphatic carbocycles. The fraction of sp³-hybridized carbons (Fsp3) is 0.471. The van der Waals surface area contributed by atoms with E-state index in [2.05, 4.69) is 4.72 Å². The average Bonchev–Trinajstić information content (AvgIpc) is 2.58. The van der Waals surface area contributed by atoms with Crippen LogP contribution in [0, 0.1) is 5.41 Å². The van der Waals surface area contributed by atoms with Crippen LogP contribution in [-0.2, 0) is 4.74 Å². The molecule has 0 bridgehead atoms. The summed E-state index contributed by atoms with van der Waals surface area (Å²) in [4.78, 5) is 28.0. The Morgan fingerprint density at radius 1 is 1.38 bits per heavy atom. The molecule has 144 valence electrons. The van der Waals surface area contributed by atoms with E-state index in [-0.39, 0.29) is 6.61 Å². The molecule has 0 fully saturated rings. The Hall–Kier alpha value is -1.77. The number of hydrogen-bond donors (Lipinski definition) is 2. The second-order valence-corrected chi connectivity index (χ2v) is 7.43. The highest BCUT2D eigenvalue weighted by Gasteiger charge is 2.55. The quantitative estimate of drug-likeness (QED) is 0.333. The molecule has 1 unspecified atom stereocenters. The Morgan fingerprint density at radius 3 is 2.54 bits per heavy atom. The van der Waals surface area contributed by atoms with Gasteiger partial charge in [-0.1, -0.05) is 29.1 Å². The van der Waals surface area contributed by atoms with Crippen molar-refractivity contribution in [3.8, 4) is 0 Å². The number of amides is 4. The van der Waals surface area contributed by atoms with Crippen molar-refractivity contribution in [2.45, 2.75) is 38.1 Å². The van der Waals surface area contributed by atoms with Gasteiger partial charge in [-0.15, -0.1) is 0 Å². The zero-order chi connectivity index (χ0) is 19.9. The second-order valence-electron chi connectivity index (χ2n) is 6.11. The van der Waals surface area contributed by atoms with Crippen molar-refractivity contribution in [3.63, 3.8) is 0 Å². The van der Waals surface area contributed by atoms with Gasteiger partial charge in [0, 0.05) is 24.0 Å². The molecule has 0 spiro atoms. The molecule has 0 aromatic heterocycles. The van der Waals surface area contributed by atoms with E-state index in [1.807, 2.05) is 6.92 Å². The van der Waals surface area contributed by atoms with Crippen LogP contribution >= 0.6 is 23.5 Å². The fourth-order valence-electron chi connectivity index (χ4n) is 2.28. The largest absolute Gasteiger partial charge is 0.445 e. The van der Waals surface area contributed by atoms with Gasteiger partial charge >= 0.3 is 18.1 Å². The molecule has 26 heavy (non-hydrogen) atoms. The molecular weight excluding hydrogens is 376 g/mol. The van der Waals surface area contributed by atoms with Crippen molar-refractivity contribution in [1.29, 1.82) is 5.41 Å². The van der Waals surface area contributed by atoms with Crippen molar-refractivity contribution in [2.24, 2.45) is 0 Å². The lowest BCUT2D eigenvalue weighted by atomic mass is 10.2. The van der Waals surface area contributed by atoms with Crippen LogP contribution in [0.15, 0.2) is 29.2 Å². The third kappa shape index (κ3) is 4.90. The van der Waals surface area contributed by atoms with E-state index in [1.54, 1.807) is 52.2 Å². The van der Waals surface area contributed by atoms with E-state index >= 15 is 0 Å². The summed E-state index contributed by atoms with van der Waals surface area (Å²) >= 11 is 6.99. The number of nitrogens with one attached hydrogen (secondary N) is 2. The van der Waals surface area contributed by atoms with Gasteiger partial charge in [-0.25, -0.2) is 19.7 Å². The number of carbonyl (C=O) groups is 2. The molecule has 0 heterocycles. The molecule has 1 aromatic rings. The third-order valence-electron chi connectivity index (χ3n) is 3.59. The molecule has 4 amide bonds. The summed E-state index contributed by atoms with van der Waals surface area (Å²) in [6.07, 6.45) is 0.662. The third-order valence-corrected chi connectivity index (χ3v) is 4.60. The lowest BCUT2D eigenvalue weighted by molar-refractivity contribution is -0.713. The number of urea groups is 2. The van der Waals surface area contributed by atoms with E-state index < -0.39 is 28.6 Å². The maximum Gasteiger partial charge on any atom is 0.445 e. The van der Waals surface area contributed by atoms with Crippen LogP contribution in [0.1, 0.15) is 27.2 Å². The van der Waals surface area contributed by atoms with Crippen molar-refractivity contribution >= 4 is 41.6 Å². The fourth-order valence-corrected chi connectivity index (χ4v) is 3.21. The minimum Gasteiger partial charge on any atom is -0.436 e. The summed E-state index contributed by atoms with van der Waals surface area (Å²) in [7, 11) is 3.09. The maximum absolute atomic E-state index is 13.1. The number of quaternary nitrogens is 1. The van der Waals surface area contributed by atoms with Crippen LogP contribution in [0.5, 0.6) is 0 Å². The molecule has 7 nitrogen and oxygen atoms in total. The summed E-state index contributed by atoms with van der Waals surface area (Å²) < 4.78 is 7.17. The molecule has 1 aromatic carbocycles. The lowest BCUT2D eigenvalue weighted by Crippen LogP contribution is -2.69.